The number of amidine groups is 1. The molecule has 2 aliphatic heterocycles. The zero-order valence-electron chi connectivity index (χ0n) is 18.2. The first kappa shape index (κ1) is 21.6. The van der Waals surface area contributed by atoms with Gasteiger partial charge in [0, 0.05) is 25.7 Å². The lowest BCUT2D eigenvalue weighted by Gasteiger charge is -2.31. The van der Waals surface area contributed by atoms with Gasteiger partial charge in [-0.1, -0.05) is 18.2 Å². The molecule has 2 heterocycles. The Morgan fingerprint density at radius 3 is 2.82 bits per heavy atom. The number of carbonyl (C=O) groups is 1. The molecule has 0 spiro atoms. The largest absolute Gasteiger partial charge is 0.363 e. The minimum absolute atomic E-state index is 0.00459. The number of primary sulfonamides is 1. The fraction of sp³-hybridized carbons (Fsp3) is 0.429. The fourth-order valence-corrected chi connectivity index (χ4v) is 5.45. The van der Waals surface area contributed by atoms with Crippen LogP contribution in [0.4, 0.5) is 5.69 Å². The van der Waals surface area contributed by atoms with E-state index in [0.29, 0.717) is 17.5 Å². The van der Waals surface area contributed by atoms with E-state index in [2.05, 4.69) is 38.1 Å². The van der Waals surface area contributed by atoms with E-state index < -0.39 is 16.2 Å². The van der Waals surface area contributed by atoms with Crippen LogP contribution in [-0.4, -0.2) is 69.7 Å². The van der Waals surface area contributed by atoms with Crippen LogP contribution in [0.3, 0.4) is 0 Å². The summed E-state index contributed by atoms with van der Waals surface area (Å²) in [7, 11) is -0.290. The van der Waals surface area contributed by atoms with Gasteiger partial charge < -0.3 is 20.9 Å². The fourth-order valence-electron chi connectivity index (χ4n) is 4.89. The van der Waals surface area contributed by atoms with Crippen molar-refractivity contribution < 1.29 is 13.2 Å². The van der Waals surface area contributed by atoms with Gasteiger partial charge in [0.05, 0.1) is 23.2 Å². The molecule has 1 saturated carbocycles. The third kappa shape index (κ3) is 4.00. The van der Waals surface area contributed by atoms with E-state index in [1.165, 1.54) is 12.1 Å². The lowest BCUT2D eigenvalue weighted by Crippen LogP contribution is -2.55. The van der Waals surface area contributed by atoms with E-state index in [-0.39, 0.29) is 40.6 Å². The van der Waals surface area contributed by atoms with Crippen LogP contribution < -0.4 is 21.1 Å². The summed E-state index contributed by atoms with van der Waals surface area (Å²) in [5.41, 5.74) is 0.504. The Bertz CT molecular complexity index is 1210. The Balaban J connectivity index is 1.43. The average Bonchev–Trinajstić information content (AvgIpc) is 3.49. The van der Waals surface area contributed by atoms with Gasteiger partial charge in [-0.05, 0) is 30.5 Å². The predicted octanol–water partition coefficient (Wildman–Crippen LogP) is -0.291. The molecule has 174 valence electrons. The van der Waals surface area contributed by atoms with Crippen molar-refractivity contribution >= 4 is 39.8 Å². The van der Waals surface area contributed by atoms with Gasteiger partial charge in [0.2, 0.25) is 21.9 Å². The molecule has 5 rings (SSSR count). The summed E-state index contributed by atoms with van der Waals surface area (Å²) in [4.78, 5) is 28.5. The van der Waals surface area contributed by atoms with Gasteiger partial charge >= 0.3 is 0 Å². The number of anilines is 1. The van der Waals surface area contributed by atoms with Crippen LogP contribution in [0, 0.1) is 17.8 Å². The SMILES string of the molecule is CN(C)C(=O)C1C2C=CC(C2)C1N=C1NC(Nc2cccc(S(N)(=O)=O)c2)=NC2N=CNC12. The Kier molecular flexibility index (Phi) is 5.20. The molecular weight excluding hydrogens is 444 g/mol. The predicted molar refractivity (Wildman–Crippen MR) is 125 cm³/mol. The van der Waals surface area contributed by atoms with Crippen molar-refractivity contribution in [3.63, 3.8) is 0 Å². The van der Waals surface area contributed by atoms with Gasteiger partial charge in [-0.2, -0.15) is 0 Å². The first-order chi connectivity index (χ1) is 15.7. The van der Waals surface area contributed by atoms with E-state index >= 15 is 0 Å². The lowest BCUT2D eigenvalue weighted by molar-refractivity contribution is -0.134. The molecule has 6 atom stereocenters. The standard InChI is InChI=1S/C21H26N8O3S/c1-29(2)20(30)15-11-6-7-12(8-11)16(15)26-19-17-18(24-10-23-17)27-21(28-19)25-13-4-3-5-14(9-13)33(22,31)32/h3-7,9-12,15-18H,8H2,1-2H3,(H,23,24)(H2,22,31,32)(H2,25,26,27,28). The number of hydrogen-bond acceptors (Lipinski definition) is 8. The number of allylic oxidation sites excluding steroid dienone is 1. The number of hydrogen-bond donors (Lipinski definition) is 4. The van der Waals surface area contributed by atoms with Crippen molar-refractivity contribution in [3.05, 3.63) is 36.4 Å². The summed E-state index contributed by atoms with van der Waals surface area (Å²) in [5, 5.41) is 14.7. The Labute approximate surface area is 192 Å². The van der Waals surface area contributed by atoms with Crippen LogP contribution in [0.25, 0.3) is 0 Å². The van der Waals surface area contributed by atoms with Gasteiger partial charge in [-0.3, -0.25) is 9.79 Å². The van der Waals surface area contributed by atoms with E-state index in [1.54, 1.807) is 37.5 Å². The second-order valence-corrected chi connectivity index (χ2v) is 10.4. The molecule has 0 aromatic heterocycles. The number of nitrogens with zero attached hydrogens (tertiary/aromatic N) is 4. The van der Waals surface area contributed by atoms with Crippen molar-refractivity contribution in [1.82, 2.24) is 15.5 Å². The molecule has 1 aromatic rings. The number of benzene rings is 1. The third-order valence-corrected chi connectivity index (χ3v) is 7.35. The van der Waals surface area contributed by atoms with Gasteiger partial charge in [-0.15, -0.1) is 0 Å². The highest BCUT2D eigenvalue weighted by Crippen LogP contribution is 2.46. The van der Waals surface area contributed by atoms with Crippen molar-refractivity contribution in [1.29, 1.82) is 0 Å². The average molecular weight is 471 g/mol. The molecule has 11 nitrogen and oxygen atoms in total. The number of rotatable bonds is 4. The number of fused-ring (bicyclic) bond motifs is 3. The normalized spacial score (nSPS) is 32.8. The number of nitrogens with one attached hydrogen (secondary N) is 3. The smallest absolute Gasteiger partial charge is 0.238 e. The van der Waals surface area contributed by atoms with Crippen molar-refractivity contribution in [2.75, 3.05) is 19.4 Å². The number of carbonyl (C=O) groups excluding carboxylic acids is 1. The highest BCUT2D eigenvalue weighted by atomic mass is 32.2. The first-order valence-electron chi connectivity index (χ1n) is 10.7. The van der Waals surface area contributed by atoms with Gasteiger partial charge in [0.15, 0.2) is 6.17 Å². The monoisotopic (exact) mass is 470 g/mol. The minimum Gasteiger partial charge on any atom is -0.363 e. The molecule has 1 aromatic carbocycles. The summed E-state index contributed by atoms with van der Waals surface area (Å²) in [6.45, 7) is 0. The number of aliphatic imine (C=N–C) groups is 3. The summed E-state index contributed by atoms with van der Waals surface area (Å²) in [5.74, 6) is 1.30. The molecule has 1 fully saturated rings. The Morgan fingerprint density at radius 1 is 1.27 bits per heavy atom. The van der Waals surface area contributed by atoms with Gasteiger partial charge in [0.25, 0.3) is 0 Å². The molecule has 2 aliphatic carbocycles. The molecule has 12 heteroatoms. The van der Waals surface area contributed by atoms with Crippen molar-refractivity contribution in [2.45, 2.75) is 29.6 Å². The summed E-state index contributed by atoms with van der Waals surface area (Å²) in [6.07, 6.45) is 6.39. The van der Waals surface area contributed by atoms with Crippen LogP contribution >= 0.6 is 0 Å². The van der Waals surface area contributed by atoms with Crippen LogP contribution in [0.2, 0.25) is 0 Å². The molecule has 4 aliphatic rings. The highest BCUT2D eigenvalue weighted by molar-refractivity contribution is 7.89. The number of nitrogens with two attached hydrogens (primary N) is 1. The first-order valence-corrected chi connectivity index (χ1v) is 12.2. The topological polar surface area (TPSA) is 154 Å². The summed E-state index contributed by atoms with van der Waals surface area (Å²) in [6, 6.07) is 5.73. The second kappa shape index (κ2) is 7.96. The maximum Gasteiger partial charge on any atom is 0.238 e. The lowest BCUT2D eigenvalue weighted by atomic mass is 9.88. The number of amides is 1. The number of guanidine groups is 1. The summed E-state index contributed by atoms with van der Waals surface area (Å²) >= 11 is 0. The van der Waals surface area contributed by atoms with Crippen LogP contribution in [0.1, 0.15) is 6.42 Å². The van der Waals surface area contributed by atoms with E-state index in [4.69, 9.17) is 10.1 Å². The minimum atomic E-state index is -3.83. The quantitative estimate of drug-likeness (QED) is 0.444. The molecule has 0 saturated heterocycles. The van der Waals surface area contributed by atoms with Crippen molar-refractivity contribution in [2.24, 2.45) is 37.9 Å². The van der Waals surface area contributed by atoms with Crippen LogP contribution in [0.15, 0.2) is 56.3 Å². The van der Waals surface area contributed by atoms with Gasteiger partial charge in [0.1, 0.15) is 11.9 Å². The highest BCUT2D eigenvalue weighted by Gasteiger charge is 2.49. The maximum absolute atomic E-state index is 12.9. The van der Waals surface area contributed by atoms with E-state index in [0.717, 1.165) is 6.42 Å². The molecule has 33 heavy (non-hydrogen) atoms. The third-order valence-electron chi connectivity index (χ3n) is 6.44. The zero-order chi connectivity index (χ0) is 23.3. The van der Waals surface area contributed by atoms with Gasteiger partial charge in [-0.25, -0.2) is 23.5 Å². The van der Waals surface area contributed by atoms with Crippen LogP contribution in [-0.2, 0) is 14.8 Å². The molecular formula is C21H26N8O3S. The zero-order valence-corrected chi connectivity index (χ0v) is 19.0. The van der Waals surface area contributed by atoms with Crippen molar-refractivity contribution in [3.8, 4) is 0 Å². The Morgan fingerprint density at radius 2 is 2.06 bits per heavy atom. The summed E-state index contributed by atoms with van der Waals surface area (Å²) < 4.78 is 23.4. The van der Waals surface area contributed by atoms with Crippen LogP contribution in [0.5, 0.6) is 0 Å². The molecule has 2 bridgehead atoms. The second-order valence-electron chi connectivity index (χ2n) is 8.85. The van der Waals surface area contributed by atoms with E-state index in [1.807, 2.05) is 0 Å². The maximum atomic E-state index is 12.9. The van der Waals surface area contributed by atoms with E-state index in [9.17, 15) is 13.2 Å². The number of sulfonamides is 1. The Hall–Kier alpha value is -3.25. The molecule has 5 N–H and O–H groups in total. The molecule has 6 unspecified atom stereocenters. The molecule has 0 radical (unpaired) electrons. The molecule has 1 amide bonds.